The first kappa shape index (κ1) is 15.8. The third-order valence-corrected chi connectivity index (χ3v) is 5.13. The van der Waals surface area contributed by atoms with Gasteiger partial charge in [-0.25, -0.2) is 4.79 Å². The van der Waals surface area contributed by atoms with Gasteiger partial charge in [-0.2, -0.15) is 0 Å². The van der Waals surface area contributed by atoms with E-state index >= 15 is 0 Å². The van der Waals surface area contributed by atoms with Gasteiger partial charge in [-0.3, -0.25) is 9.59 Å². The summed E-state index contributed by atoms with van der Waals surface area (Å²) < 4.78 is 1.49. The third kappa shape index (κ3) is 3.16. The number of carbonyl (C=O) groups excluding carboxylic acids is 1. The molecule has 1 aromatic heterocycles. The molecule has 1 aliphatic carbocycles. The summed E-state index contributed by atoms with van der Waals surface area (Å²) in [4.78, 5) is 37.5. The van der Waals surface area contributed by atoms with Crippen LogP contribution in [0.5, 0.6) is 0 Å². The highest BCUT2D eigenvalue weighted by molar-refractivity contribution is 5.84. The first-order valence-corrected chi connectivity index (χ1v) is 8.27. The van der Waals surface area contributed by atoms with E-state index in [1.807, 2.05) is 0 Å². The van der Waals surface area contributed by atoms with Crippen LogP contribution < -0.4 is 5.56 Å². The van der Waals surface area contributed by atoms with E-state index in [0.717, 1.165) is 25.7 Å². The average Bonchev–Trinajstić information content (AvgIpc) is 2.93. The number of carboxylic acid groups (broad SMARTS) is 1. The van der Waals surface area contributed by atoms with E-state index in [1.165, 1.54) is 10.6 Å². The second-order valence-corrected chi connectivity index (χ2v) is 6.48. The number of amides is 1. The molecule has 1 N–H and O–H groups in total. The molecule has 0 spiro atoms. The maximum atomic E-state index is 12.6. The lowest BCUT2D eigenvalue weighted by Crippen LogP contribution is -2.46. The predicted molar refractivity (Wildman–Crippen MR) is 84.0 cm³/mol. The maximum absolute atomic E-state index is 12.6. The number of fused-ring (bicyclic) bond motifs is 1. The number of hydrogen-bond donors (Lipinski definition) is 1. The summed E-state index contributed by atoms with van der Waals surface area (Å²) >= 11 is 0. The van der Waals surface area contributed by atoms with Crippen LogP contribution in [0.4, 0.5) is 0 Å². The van der Waals surface area contributed by atoms with E-state index in [0.29, 0.717) is 18.9 Å². The lowest BCUT2D eigenvalue weighted by Gasteiger charge is -2.33. The molecule has 1 saturated carbocycles. The molecule has 1 amide bonds. The van der Waals surface area contributed by atoms with Gasteiger partial charge >= 0.3 is 5.97 Å². The fourth-order valence-corrected chi connectivity index (χ4v) is 4.03. The molecule has 0 aromatic carbocycles. The van der Waals surface area contributed by atoms with E-state index in [9.17, 15) is 19.5 Å². The van der Waals surface area contributed by atoms with Gasteiger partial charge in [0.05, 0.1) is 0 Å². The van der Waals surface area contributed by atoms with Crippen molar-refractivity contribution in [2.45, 2.75) is 57.2 Å². The molecule has 0 unspecified atom stereocenters. The minimum absolute atomic E-state index is 0.0600. The Hall–Kier alpha value is -2.11. The molecule has 1 aromatic rings. The van der Waals surface area contributed by atoms with E-state index < -0.39 is 12.0 Å². The zero-order valence-electron chi connectivity index (χ0n) is 13.1. The molecule has 1 saturated heterocycles. The number of aryl methyl sites for hydroxylation is 1. The van der Waals surface area contributed by atoms with Crippen molar-refractivity contribution >= 4 is 11.9 Å². The lowest BCUT2D eigenvalue weighted by atomic mass is 9.84. The number of likely N-dealkylation sites (tertiary alicyclic amines) is 1. The second-order valence-electron chi connectivity index (χ2n) is 6.48. The molecule has 2 heterocycles. The molecule has 124 valence electrons. The Morgan fingerprint density at radius 2 is 2.00 bits per heavy atom. The molecule has 3 rings (SSSR count). The van der Waals surface area contributed by atoms with Crippen molar-refractivity contribution in [3.8, 4) is 0 Å². The number of hydrogen-bond acceptors (Lipinski definition) is 3. The van der Waals surface area contributed by atoms with Crippen LogP contribution in [0, 0.1) is 5.92 Å². The molecular weight excluding hydrogens is 296 g/mol. The minimum atomic E-state index is -0.912. The highest BCUT2D eigenvalue weighted by Gasteiger charge is 2.47. The molecular formula is C17H22N2O4. The Bertz CT molecular complexity index is 654. The number of aliphatic carboxylic acids is 1. The first-order valence-electron chi connectivity index (χ1n) is 8.27. The smallest absolute Gasteiger partial charge is 0.326 e. The largest absolute Gasteiger partial charge is 0.480 e. The summed E-state index contributed by atoms with van der Waals surface area (Å²) in [5, 5.41) is 9.46. The van der Waals surface area contributed by atoms with E-state index in [-0.39, 0.29) is 23.9 Å². The van der Waals surface area contributed by atoms with E-state index in [1.54, 1.807) is 23.2 Å². The molecule has 6 heteroatoms. The topological polar surface area (TPSA) is 79.6 Å². The summed E-state index contributed by atoms with van der Waals surface area (Å²) in [5.41, 5.74) is -0.146. The summed E-state index contributed by atoms with van der Waals surface area (Å²) in [7, 11) is 0. The van der Waals surface area contributed by atoms with Crippen LogP contribution >= 0.6 is 0 Å². The number of carbonyl (C=O) groups is 2. The Balaban J connectivity index is 1.72. The van der Waals surface area contributed by atoms with Crippen molar-refractivity contribution in [1.29, 1.82) is 0 Å². The van der Waals surface area contributed by atoms with Gasteiger partial charge < -0.3 is 14.6 Å². The fourth-order valence-electron chi connectivity index (χ4n) is 4.03. The summed E-state index contributed by atoms with van der Waals surface area (Å²) in [6, 6.07) is 4.22. The number of rotatable bonds is 4. The molecule has 2 aliphatic rings. The second kappa shape index (κ2) is 6.56. The Labute approximate surface area is 134 Å². The fraction of sp³-hybridized carbons (Fsp3) is 0.588. The Kier molecular flexibility index (Phi) is 4.50. The van der Waals surface area contributed by atoms with Crippen molar-refractivity contribution in [1.82, 2.24) is 9.47 Å². The maximum Gasteiger partial charge on any atom is 0.326 e. The standard InChI is InChI=1S/C17H22N2O4/c20-15-7-3-4-9-18(15)10-8-16(21)19-13-6-2-1-5-12(13)11-14(19)17(22)23/h3-4,7,9,12-14H,1-2,5-6,8,10-11H2,(H,22,23)/t12-,13+,14+/m1/s1. The monoisotopic (exact) mass is 318 g/mol. The third-order valence-electron chi connectivity index (χ3n) is 5.13. The van der Waals surface area contributed by atoms with E-state index in [2.05, 4.69) is 0 Å². The Morgan fingerprint density at radius 3 is 2.74 bits per heavy atom. The Morgan fingerprint density at radius 1 is 1.22 bits per heavy atom. The number of carboxylic acids is 1. The highest BCUT2D eigenvalue weighted by atomic mass is 16.4. The van der Waals surface area contributed by atoms with E-state index in [4.69, 9.17) is 0 Å². The van der Waals surface area contributed by atoms with Crippen molar-refractivity contribution in [2.75, 3.05) is 0 Å². The normalized spacial score (nSPS) is 26.8. The number of nitrogens with zero attached hydrogens (tertiary/aromatic N) is 2. The summed E-state index contributed by atoms with van der Waals surface area (Å²) in [6.45, 7) is 0.290. The lowest BCUT2D eigenvalue weighted by molar-refractivity contribution is -0.150. The minimum Gasteiger partial charge on any atom is -0.480 e. The van der Waals surface area contributed by atoms with Gasteiger partial charge in [0.25, 0.3) is 5.56 Å². The van der Waals surface area contributed by atoms with Crippen LogP contribution in [0.1, 0.15) is 38.5 Å². The molecule has 3 atom stereocenters. The molecule has 23 heavy (non-hydrogen) atoms. The molecule has 0 bridgehead atoms. The van der Waals surface area contributed by atoms with Crippen molar-refractivity contribution in [3.05, 3.63) is 34.7 Å². The van der Waals surface area contributed by atoms with Gasteiger partial charge in [0.2, 0.25) is 5.91 Å². The molecule has 2 fully saturated rings. The van der Waals surface area contributed by atoms with Gasteiger partial charge in [0.15, 0.2) is 0 Å². The van der Waals surface area contributed by atoms with Crippen molar-refractivity contribution < 1.29 is 14.7 Å². The van der Waals surface area contributed by atoms with Gasteiger partial charge in [-0.1, -0.05) is 18.9 Å². The predicted octanol–water partition coefficient (Wildman–Crippen LogP) is 1.48. The SMILES string of the molecule is O=C(O)[C@@H]1C[C@H]2CCCC[C@@H]2N1C(=O)CCn1ccccc1=O. The van der Waals surface area contributed by atoms with Gasteiger partial charge in [0.1, 0.15) is 6.04 Å². The number of pyridine rings is 1. The first-order chi connectivity index (χ1) is 11.1. The summed E-state index contributed by atoms with van der Waals surface area (Å²) in [6.07, 6.45) is 6.46. The average molecular weight is 318 g/mol. The summed E-state index contributed by atoms with van der Waals surface area (Å²) in [5.74, 6) is -0.750. The van der Waals surface area contributed by atoms with Crippen LogP contribution in [0.25, 0.3) is 0 Å². The van der Waals surface area contributed by atoms with Crippen LogP contribution in [-0.2, 0) is 16.1 Å². The zero-order valence-corrected chi connectivity index (χ0v) is 13.1. The molecule has 0 radical (unpaired) electrons. The zero-order chi connectivity index (χ0) is 16.4. The van der Waals surface area contributed by atoms with Crippen LogP contribution in [0.2, 0.25) is 0 Å². The number of aromatic nitrogens is 1. The highest BCUT2D eigenvalue weighted by Crippen LogP contribution is 2.40. The van der Waals surface area contributed by atoms with Crippen LogP contribution in [0.15, 0.2) is 29.2 Å². The van der Waals surface area contributed by atoms with Crippen LogP contribution in [-0.4, -0.2) is 38.5 Å². The van der Waals surface area contributed by atoms with Gasteiger partial charge in [-0.05, 0) is 31.2 Å². The molecule has 1 aliphatic heterocycles. The van der Waals surface area contributed by atoms with Crippen LogP contribution in [0.3, 0.4) is 0 Å². The quantitative estimate of drug-likeness (QED) is 0.912. The van der Waals surface area contributed by atoms with Gasteiger partial charge in [0, 0.05) is 31.3 Å². The molecule has 6 nitrogen and oxygen atoms in total. The van der Waals surface area contributed by atoms with Gasteiger partial charge in [-0.15, -0.1) is 0 Å². The van der Waals surface area contributed by atoms with Crippen molar-refractivity contribution in [3.63, 3.8) is 0 Å². The van der Waals surface area contributed by atoms with Crippen molar-refractivity contribution in [2.24, 2.45) is 5.92 Å².